The van der Waals surface area contributed by atoms with E-state index in [0.717, 1.165) is 16.5 Å². The van der Waals surface area contributed by atoms with Gasteiger partial charge in [-0.05, 0) is 43.0 Å². The second-order valence-corrected chi connectivity index (χ2v) is 6.69. The molecule has 0 saturated heterocycles. The first kappa shape index (κ1) is 15.8. The molecule has 1 aliphatic carbocycles. The number of aliphatic hydroxyl groups excluding tert-OH is 1. The van der Waals surface area contributed by atoms with Gasteiger partial charge in [0, 0.05) is 36.0 Å². The summed E-state index contributed by atoms with van der Waals surface area (Å²) >= 11 is 0. The van der Waals surface area contributed by atoms with E-state index < -0.39 is 0 Å². The third-order valence-electron chi connectivity index (χ3n) is 4.86. The summed E-state index contributed by atoms with van der Waals surface area (Å²) < 4.78 is 1.73. The van der Waals surface area contributed by atoms with E-state index in [9.17, 15) is 9.90 Å². The minimum Gasteiger partial charge on any atom is -0.393 e. The number of rotatable bonds is 4. The quantitative estimate of drug-likeness (QED) is 0.765. The van der Waals surface area contributed by atoms with Gasteiger partial charge in [-0.2, -0.15) is 5.10 Å². The van der Waals surface area contributed by atoms with Crippen molar-refractivity contribution < 1.29 is 9.90 Å². The topological polar surface area (TPSA) is 80.0 Å². The second-order valence-electron chi connectivity index (χ2n) is 6.69. The van der Waals surface area contributed by atoms with Crippen molar-refractivity contribution in [3.8, 4) is 0 Å². The highest BCUT2D eigenvalue weighted by Gasteiger charge is 2.36. The molecule has 1 atom stereocenters. The predicted octanol–water partition coefficient (Wildman–Crippen LogP) is 2.21. The first-order chi connectivity index (χ1) is 12.1. The molecule has 128 valence electrons. The molecule has 4 rings (SSSR count). The molecule has 3 aromatic rings. The Bertz CT molecular complexity index is 914. The third kappa shape index (κ3) is 3.13. The summed E-state index contributed by atoms with van der Waals surface area (Å²) in [6.45, 7) is 0. The molecule has 2 aromatic heterocycles. The molecular formula is C19H20N4O2. The number of aromatic nitrogens is 3. The van der Waals surface area contributed by atoms with E-state index in [1.54, 1.807) is 23.1 Å². The molecular weight excluding hydrogens is 316 g/mol. The standard InChI is InChI=1S/C19H20N4O2/c1-23-11-15(10-21-23)18(14-8-16(24)9-14)22-19(25)13-4-5-17-12(7-13)3-2-6-20-17/h2-7,10-11,14,16,18,24H,8-9H2,1H3,(H,22,25). The number of carbonyl (C=O) groups excluding carboxylic acids is 1. The third-order valence-corrected chi connectivity index (χ3v) is 4.86. The molecule has 1 amide bonds. The number of nitrogens with zero attached hydrogens (tertiary/aromatic N) is 3. The van der Waals surface area contributed by atoms with Gasteiger partial charge in [0.1, 0.15) is 0 Å². The van der Waals surface area contributed by atoms with Gasteiger partial charge in [-0.3, -0.25) is 14.5 Å². The average molecular weight is 336 g/mol. The van der Waals surface area contributed by atoms with E-state index >= 15 is 0 Å². The Morgan fingerprint density at radius 1 is 1.36 bits per heavy atom. The van der Waals surface area contributed by atoms with Crippen LogP contribution in [-0.2, 0) is 7.05 Å². The maximum absolute atomic E-state index is 12.8. The Hall–Kier alpha value is -2.73. The van der Waals surface area contributed by atoms with Gasteiger partial charge in [-0.15, -0.1) is 0 Å². The number of amides is 1. The van der Waals surface area contributed by atoms with Crippen LogP contribution >= 0.6 is 0 Å². The van der Waals surface area contributed by atoms with E-state index in [-0.39, 0.29) is 24.0 Å². The van der Waals surface area contributed by atoms with Gasteiger partial charge in [0.25, 0.3) is 5.91 Å². The molecule has 0 radical (unpaired) electrons. The van der Waals surface area contributed by atoms with Crippen LogP contribution in [0.5, 0.6) is 0 Å². The fraction of sp³-hybridized carbons (Fsp3) is 0.316. The van der Waals surface area contributed by atoms with Crippen LogP contribution in [0.25, 0.3) is 10.9 Å². The largest absolute Gasteiger partial charge is 0.393 e. The number of aryl methyl sites for hydroxylation is 1. The highest BCUT2D eigenvalue weighted by atomic mass is 16.3. The Morgan fingerprint density at radius 2 is 2.20 bits per heavy atom. The van der Waals surface area contributed by atoms with E-state index in [2.05, 4.69) is 15.4 Å². The lowest BCUT2D eigenvalue weighted by molar-refractivity contribution is 0.0235. The van der Waals surface area contributed by atoms with Crippen LogP contribution in [0.1, 0.15) is 34.8 Å². The van der Waals surface area contributed by atoms with Crippen molar-refractivity contribution in [2.24, 2.45) is 13.0 Å². The number of carbonyl (C=O) groups is 1. The monoisotopic (exact) mass is 336 g/mol. The molecule has 1 aliphatic rings. The first-order valence-electron chi connectivity index (χ1n) is 8.42. The summed E-state index contributed by atoms with van der Waals surface area (Å²) in [7, 11) is 1.86. The van der Waals surface area contributed by atoms with Crippen LogP contribution in [0.3, 0.4) is 0 Å². The zero-order valence-corrected chi connectivity index (χ0v) is 14.0. The lowest BCUT2D eigenvalue weighted by Crippen LogP contribution is -2.41. The van der Waals surface area contributed by atoms with Gasteiger partial charge in [0.2, 0.25) is 0 Å². The summed E-state index contributed by atoms with van der Waals surface area (Å²) in [5.41, 5.74) is 2.44. The van der Waals surface area contributed by atoms with Gasteiger partial charge >= 0.3 is 0 Å². The molecule has 0 bridgehead atoms. The highest BCUT2D eigenvalue weighted by molar-refractivity contribution is 5.98. The molecule has 6 heteroatoms. The van der Waals surface area contributed by atoms with Gasteiger partial charge < -0.3 is 10.4 Å². The van der Waals surface area contributed by atoms with Crippen molar-refractivity contribution in [3.63, 3.8) is 0 Å². The molecule has 2 heterocycles. The fourth-order valence-corrected chi connectivity index (χ4v) is 3.42. The van der Waals surface area contributed by atoms with E-state index in [1.165, 1.54) is 0 Å². The maximum atomic E-state index is 12.8. The predicted molar refractivity (Wildman–Crippen MR) is 93.9 cm³/mol. The van der Waals surface area contributed by atoms with Gasteiger partial charge in [0.05, 0.1) is 23.9 Å². The zero-order valence-electron chi connectivity index (χ0n) is 14.0. The molecule has 1 aromatic carbocycles. The summed E-state index contributed by atoms with van der Waals surface area (Å²) in [5, 5.41) is 17.9. The first-order valence-corrected chi connectivity index (χ1v) is 8.42. The SMILES string of the molecule is Cn1cc(C(NC(=O)c2ccc3ncccc3c2)C2CC(O)C2)cn1. The van der Waals surface area contributed by atoms with Crippen molar-refractivity contribution in [1.82, 2.24) is 20.1 Å². The lowest BCUT2D eigenvalue weighted by atomic mass is 9.75. The number of hydrogen-bond donors (Lipinski definition) is 2. The number of nitrogens with one attached hydrogen (secondary N) is 1. The van der Waals surface area contributed by atoms with E-state index in [0.29, 0.717) is 18.4 Å². The van der Waals surface area contributed by atoms with Crippen LogP contribution in [0.4, 0.5) is 0 Å². The summed E-state index contributed by atoms with van der Waals surface area (Å²) in [6, 6.07) is 9.16. The minimum absolute atomic E-state index is 0.124. The number of pyridine rings is 1. The number of benzene rings is 1. The van der Waals surface area contributed by atoms with Crippen molar-refractivity contribution >= 4 is 16.8 Å². The van der Waals surface area contributed by atoms with Gasteiger partial charge in [-0.25, -0.2) is 0 Å². The summed E-state index contributed by atoms with van der Waals surface area (Å²) in [4.78, 5) is 17.1. The van der Waals surface area contributed by atoms with E-state index in [4.69, 9.17) is 0 Å². The maximum Gasteiger partial charge on any atom is 0.251 e. The van der Waals surface area contributed by atoms with Crippen molar-refractivity contribution in [2.75, 3.05) is 0 Å². The molecule has 0 aliphatic heterocycles. The Kier molecular flexibility index (Phi) is 3.97. The summed E-state index contributed by atoms with van der Waals surface area (Å²) in [5.74, 6) is 0.103. The molecule has 6 nitrogen and oxygen atoms in total. The molecule has 25 heavy (non-hydrogen) atoms. The van der Waals surface area contributed by atoms with E-state index in [1.807, 2.05) is 37.5 Å². The second kappa shape index (κ2) is 6.29. The molecule has 1 unspecified atom stereocenters. The Labute approximate surface area is 145 Å². The van der Waals surface area contributed by atoms with Crippen LogP contribution in [0, 0.1) is 5.92 Å². The lowest BCUT2D eigenvalue weighted by Gasteiger charge is -2.37. The smallest absolute Gasteiger partial charge is 0.251 e. The normalized spacial score (nSPS) is 20.9. The minimum atomic E-state index is -0.271. The van der Waals surface area contributed by atoms with Crippen molar-refractivity contribution in [1.29, 1.82) is 0 Å². The highest BCUT2D eigenvalue weighted by Crippen LogP contribution is 2.38. The Balaban J connectivity index is 1.58. The van der Waals surface area contributed by atoms with Crippen molar-refractivity contribution in [2.45, 2.75) is 25.0 Å². The van der Waals surface area contributed by atoms with Crippen LogP contribution in [-0.4, -0.2) is 31.9 Å². The Morgan fingerprint density at radius 3 is 2.92 bits per heavy atom. The number of fused-ring (bicyclic) bond motifs is 1. The van der Waals surface area contributed by atoms with Gasteiger partial charge in [-0.1, -0.05) is 6.07 Å². The van der Waals surface area contributed by atoms with Gasteiger partial charge in [0.15, 0.2) is 0 Å². The number of aliphatic hydroxyl groups is 1. The van der Waals surface area contributed by atoms with Crippen molar-refractivity contribution in [3.05, 3.63) is 60.0 Å². The van der Waals surface area contributed by atoms with Crippen LogP contribution in [0.15, 0.2) is 48.9 Å². The molecule has 0 spiro atoms. The average Bonchev–Trinajstić information content (AvgIpc) is 3.03. The molecule has 1 saturated carbocycles. The number of hydrogen-bond acceptors (Lipinski definition) is 4. The zero-order chi connectivity index (χ0) is 17.4. The molecule has 2 N–H and O–H groups in total. The van der Waals surface area contributed by atoms with Crippen LogP contribution < -0.4 is 5.32 Å². The van der Waals surface area contributed by atoms with Crippen LogP contribution in [0.2, 0.25) is 0 Å². The molecule has 1 fully saturated rings. The fourth-order valence-electron chi connectivity index (χ4n) is 3.42. The summed E-state index contributed by atoms with van der Waals surface area (Å²) in [6.07, 6.45) is 6.55.